The van der Waals surface area contributed by atoms with E-state index in [1.807, 2.05) is 25.7 Å². The Morgan fingerprint density at radius 1 is 1.33 bits per heavy atom. The number of nitrogens with one attached hydrogen (secondary N) is 1. The molecule has 4 heteroatoms. The van der Waals surface area contributed by atoms with Crippen LogP contribution >= 0.6 is 0 Å². The summed E-state index contributed by atoms with van der Waals surface area (Å²) < 4.78 is 5.63. The van der Waals surface area contributed by atoms with Crippen LogP contribution in [-0.2, 0) is 4.74 Å². The fraction of sp³-hybridized carbons (Fsp3) is 0.783. The SMILES string of the molecule is C/C=C1\C(=C/CC(C)CC(C)C)N[C@H]2CCCN(C(=O)OC(C)(C)C)C[C@@H]12. The molecule has 0 bridgehead atoms. The molecule has 2 rings (SSSR count). The molecular formula is C23H40N2O2. The van der Waals surface area contributed by atoms with Crippen molar-refractivity contribution in [3.8, 4) is 0 Å². The number of hydrogen-bond donors (Lipinski definition) is 1. The summed E-state index contributed by atoms with van der Waals surface area (Å²) >= 11 is 0. The van der Waals surface area contributed by atoms with Crippen LogP contribution in [0.1, 0.15) is 74.1 Å². The van der Waals surface area contributed by atoms with Gasteiger partial charge in [-0.1, -0.05) is 32.9 Å². The first-order valence-corrected chi connectivity index (χ1v) is 10.7. The molecule has 1 N–H and O–H groups in total. The fourth-order valence-electron chi connectivity index (χ4n) is 4.39. The van der Waals surface area contributed by atoms with Crippen molar-refractivity contribution in [2.45, 2.75) is 85.8 Å². The Labute approximate surface area is 166 Å². The van der Waals surface area contributed by atoms with E-state index in [1.165, 1.54) is 17.7 Å². The number of likely N-dealkylation sites (tertiary alicyclic amines) is 1. The van der Waals surface area contributed by atoms with E-state index in [4.69, 9.17) is 4.74 Å². The number of carbonyl (C=O) groups excluding carboxylic acids is 1. The summed E-state index contributed by atoms with van der Waals surface area (Å²) in [7, 11) is 0. The summed E-state index contributed by atoms with van der Waals surface area (Å²) in [6, 6.07) is 0.426. The van der Waals surface area contributed by atoms with Gasteiger partial charge in [-0.25, -0.2) is 4.79 Å². The number of hydrogen-bond acceptors (Lipinski definition) is 3. The predicted molar refractivity (Wildman–Crippen MR) is 113 cm³/mol. The lowest BCUT2D eigenvalue weighted by atomic mass is 9.91. The highest BCUT2D eigenvalue weighted by atomic mass is 16.6. The lowest BCUT2D eigenvalue weighted by molar-refractivity contribution is 0.0242. The van der Waals surface area contributed by atoms with E-state index in [2.05, 4.69) is 45.2 Å². The van der Waals surface area contributed by atoms with Gasteiger partial charge < -0.3 is 15.0 Å². The van der Waals surface area contributed by atoms with Gasteiger partial charge in [0.25, 0.3) is 0 Å². The van der Waals surface area contributed by atoms with Crippen molar-refractivity contribution in [3.63, 3.8) is 0 Å². The normalized spacial score (nSPS) is 27.5. The lowest BCUT2D eigenvalue weighted by Crippen LogP contribution is -2.40. The fourth-order valence-corrected chi connectivity index (χ4v) is 4.39. The van der Waals surface area contributed by atoms with Crippen molar-refractivity contribution in [1.29, 1.82) is 0 Å². The maximum absolute atomic E-state index is 12.6. The zero-order chi connectivity index (χ0) is 20.2. The highest BCUT2D eigenvalue weighted by Crippen LogP contribution is 2.35. The minimum absolute atomic E-state index is 0.179. The van der Waals surface area contributed by atoms with Crippen LogP contribution in [-0.4, -0.2) is 35.7 Å². The average molecular weight is 377 g/mol. The first-order valence-electron chi connectivity index (χ1n) is 10.7. The Kier molecular flexibility index (Phi) is 7.41. The van der Waals surface area contributed by atoms with Crippen molar-refractivity contribution in [2.75, 3.05) is 13.1 Å². The maximum Gasteiger partial charge on any atom is 0.410 e. The van der Waals surface area contributed by atoms with Gasteiger partial charge in [-0.05, 0) is 70.8 Å². The van der Waals surface area contributed by atoms with Crippen LogP contribution in [0.4, 0.5) is 4.79 Å². The molecule has 0 aromatic rings. The van der Waals surface area contributed by atoms with E-state index in [0.29, 0.717) is 17.9 Å². The van der Waals surface area contributed by atoms with Crippen LogP contribution in [0.25, 0.3) is 0 Å². The van der Waals surface area contributed by atoms with Crippen LogP contribution in [0.3, 0.4) is 0 Å². The summed E-state index contributed by atoms with van der Waals surface area (Å²) in [4.78, 5) is 14.5. The Hall–Kier alpha value is -1.45. The third kappa shape index (κ3) is 6.29. The van der Waals surface area contributed by atoms with Gasteiger partial charge in [0.2, 0.25) is 0 Å². The molecule has 4 nitrogen and oxygen atoms in total. The highest BCUT2D eigenvalue weighted by molar-refractivity contribution is 5.68. The third-order valence-corrected chi connectivity index (χ3v) is 5.46. The van der Waals surface area contributed by atoms with E-state index >= 15 is 0 Å². The zero-order valence-corrected chi connectivity index (χ0v) is 18.5. The average Bonchev–Trinajstić information content (AvgIpc) is 2.71. The van der Waals surface area contributed by atoms with Crippen molar-refractivity contribution >= 4 is 6.09 Å². The predicted octanol–water partition coefficient (Wildman–Crippen LogP) is 5.51. The smallest absolute Gasteiger partial charge is 0.410 e. The van der Waals surface area contributed by atoms with Crippen molar-refractivity contribution in [2.24, 2.45) is 17.8 Å². The third-order valence-electron chi connectivity index (χ3n) is 5.46. The molecule has 2 aliphatic rings. The van der Waals surface area contributed by atoms with Crippen molar-refractivity contribution in [1.82, 2.24) is 10.2 Å². The second-order valence-electron chi connectivity index (χ2n) is 9.76. The number of allylic oxidation sites excluding steroid dienone is 3. The molecule has 0 aromatic carbocycles. The van der Waals surface area contributed by atoms with E-state index in [9.17, 15) is 4.79 Å². The number of nitrogens with zero attached hydrogens (tertiary/aromatic N) is 1. The number of ether oxygens (including phenoxy) is 1. The number of rotatable bonds is 4. The molecule has 1 unspecified atom stereocenters. The Morgan fingerprint density at radius 2 is 2.04 bits per heavy atom. The number of carbonyl (C=O) groups is 1. The molecule has 0 spiro atoms. The molecule has 3 atom stereocenters. The molecule has 2 aliphatic heterocycles. The van der Waals surface area contributed by atoms with Gasteiger partial charge in [-0.15, -0.1) is 0 Å². The first kappa shape index (κ1) is 21.8. The van der Waals surface area contributed by atoms with Crippen LogP contribution in [0.15, 0.2) is 23.4 Å². The molecule has 154 valence electrons. The molecule has 0 saturated carbocycles. The van der Waals surface area contributed by atoms with E-state index in [-0.39, 0.29) is 6.09 Å². The molecule has 0 aromatic heterocycles. The van der Waals surface area contributed by atoms with Crippen LogP contribution in [0.2, 0.25) is 0 Å². The summed E-state index contributed by atoms with van der Waals surface area (Å²) in [5, 5.41) is 3.76. The molecule has 2 fully saturated rings. The molecule has 0 aliphatic carbocycles. The summed E-state index contributed by atoms with van der Waals surface area (Å²) in [5.41, 5.74) is 2.21. The quantitative estimate of drug-likeness (QED) is 0.703. The molecule has 2 heterocycles. The molecule has 27 heavy (non-hydrogen) atoms. The van der Waals surface area contributed by atoms with Crippen molar-refractivity contribution in [3.05, 3.63) is 23.4 Å². The Bertz CT molecular complexity index is 571. The Balaban J connectivity index is 2.08. The van der Waals surface area contributed by atoms with Crippen LogP contribution in [0.5, 0.6) is 0 Å². The topological polar surface area (TPSA) is 41.6 Å². The zero-order valence-electron chi connectivity index (χ0n) is 18.5. The molecular weight excluding hydrogens is 336 g/mol. The van der Waals surface area contributed by atoms with Gasteiger partial charge >= 0.3 is 6.09 Å². The summed E-state index contributed by atoms with van der Waals surface area (Å²) in [5.74, 6) is 1.79. The van der Waals surface area contributed by atoms with Crippen LogP contribution in [0, 0.1) is 17.8 Å². The summed E-state index contributed by atoms with van der Waals surface area (Å²) in [6.07, 6.45) is 8.91. The standard InChI is InChI=1S/C23H40N2O2/c1-8-18-19-15-25(22(26)27-23(5,6)7)13-9-10-20(19)24-21(18)12-11-17(4)14-16(2)3/h8,12,16-17,19-20,24H,9-11,13-15H2,1-7H3/b18-8-,21-12+/t17?,19-,20-/m0/s1. The minimum atomic E-state index is -0.447. The van der Waals surface area contributed by atoms with E-state index in [1.54, 1.807) is 0 Å². The molecule has 1 amide bonds. The minimum Gasteiger partial charge on any atom is -0.444 e. The summed E-state index contributed by atoms with van der Waals surface area (Å²) in [6.45, 7) is 16.3. The van der Waals surface area contributed by atoms with Gasteiger partial charge in [0, 0.05) is 30.7 Å². The maximum atomic E-state index is 12.6. The van der Waals surface area contributed by atoms with Gasteiger partial charge in [0.15, 0.2) is 0 Å². The van der Waals surface area contributed by atoms with Gasteiger partial charge in [-0.3, -0.25) is 0 Å². The van der Waals surface area contributed by atoms with Gasteiger partial charge in [0.1, 0.15) is 5.60 Å². The van der Waals surface area contributed by atoms with E-state index < -0.39 is 5.60 Å². The first-order chi connectivity index (χ1) is 12.6. The van der Waals surface area contributed by atoms with Gasteiger partial charge in [0.05, 0.1) is 0 Å². The van der Waals surface area contributed by atoms with Crippen molar-refractivity contribution < 1.29 is 9.53 Å². The Morgan fingerprint density at radius 3 is 2.63 bits per heavy atom. The highest BCUT2D eigenvalue weighted by Gasteiger charge is 2.38. The largest absolute Gasteiger partial charge is 0.444 e. The number of fused-ring (bicyclic) bond motifs is 1. The second-order valence-corrected chi connectivity index (χ2v) is 9.76. The second kappa shape index (κ2) is 9.16. The molecule has 2 saturated heterocycles. The van der Waals surface area contributed by atoms with Gasteiger partial charge in [-0.2, -0.15) is 0 Å². The molecule has 0 radical (unpaired) electrons. The number of amides is 1. The van der Waals surface area contributed by atoms with Crippen LogP contribution < -0.4 is 5.32 Å². The lowest BCUT2D eigenvalue weighted by Gasteiger charge is -2.28. The monoisotopic (exact) mass is 376 g/mol. The van der Waals surface area contributed by atoms with E-state index in [0.717, 1.165) is 38.3 Å².